The fourth-order valence-corrected chi connectivity index (χ4v) is 1.39. The maximum absolute atomic E-state index is 12.6. The van der Waals surface area contributed by atoms with Crippen LogP contribution in [0.3, 0.4) is 0 Å². The Labute approximate surface area is 94.8 Å². The Morgan fingerprint density at radius 2 is 2.06 bits per heavy atom. The van der Waals surface area contributed by atoms with Crippen LogP contribution in [0.5, 0.6) is 0 Å². The first-order valence-corrected chi connectivity index (χ1v) is 5.39. The van der Waals surface area contributed by atoms with Crippen molar-refractivity contribution in [2.75, 3.05) is 6.54 Å². The minimum Gasteiger partial charge on any atom is -0.352 e. The Morgan fingerprint density at radius 3 is 2.56 bits per heavy atom. The fraction of sp³-hybridized carbons (Fsp3) is 0.417. The number of carbonyl (C=O) groups excluding carboxylic acids is 1. The van der Waals surface area contributed by atoms with Crippen molar-refractivity contribution in [3.8, 4) is 0 Å². The van der Waals surface area contributed by atoms with E-state index >= 15 is 0 Å². The number of halogens is 1. The normalized spacial score (nSPS) is 12.2. The van der Waals surface area contributed by atoms with Crippen molar-refractivity contribution >= 4 is 5.91 Å². The predicted octanol–water partition coefficient (Wildman–Crippen LogP) is 1.22. The van der Waals surface area contributed by atoms with Gasteiger partial charge in [0.15, 0.2) is 0 Å². The van der Waals surface area contributed by atoms with Gasteiger partial charge in [-0.05, 0) is 24.1 Å². The molecule has 0 aliphatic rings. The molecule has 0 bridgehead atoms. The molecule has 1 rings (SSSR count). The summed E-state index contributed by atoms with van der Waals surface area (Å²) >= 11 is 0. The Hall–Kier alpha value is -1.42. The molecule has 1 aromatic carbocycles. The van der Waals surface area contributed by atoms with Crippen LogP contribution >= 0.6 is 0 Å². The van der Waals surface area contributed by atoms with Crippen molar-refractivity contribution < 1.29 is 9.18 Å². The second kappa shape index (κ2) is 6.23. The van der Waals surface area contributed by atoms with Gasteiger partial charge >= 0.3 is 0 Å². The topological polar surface area (TPSA) is 55.1 Å². The molecular weight excluding hydrogens is 207 g/mol. The Balaban J connectivity index is 2.48. The smallest absolute Gasteiger partial charge is 0.224 e. The first kappa shape index (κ1) is 12.6. The van der Waals surface area contributed by atoms with Crippen LogP contribution in [0.25, 0.3) is 0 Å². The minimum absolute atomic E-state index is 0.0212. The average Bonchev–Trinajstić information content (AvgIpc) is 2.29. The van der Waals surface area contributed by atoms with E-state index in [0.717, 1.165) is 12.0 Å². The molecule has 16 heavy (non-hydrogen) atoms. The number of nitrogens with two attached hydrogens (primary N) is 1. The van der Waals surface area contributed by atoms with Crippen molar-refractivity contribution in [1.29, 1.82) is 0 Å². The number of hydrogen-bond donors (Lipinski definition) is 2. The highest BCUT2D eigenvalue weighted by molar-refractivity contribution is 5.78. The van der Waals surface area contributed by atoms with E-state index in [0.29, 0.717) is 6.54 Å². The molecule has 0 heterocycles. The van der Waals surface area contributed by atoms with Gasteiger partial charge in [-0.15, -0.1) is 0 Å². The molecule has 0 aliphatic carbocycles. The molecule has 1 amide bonds. The van der Waals surface area contributed by atoms with E-state index in [1.807, 2.05) is 6.92 Å². The van der Waals surface area contributed by atoms with E-state index in [1.165, 1.54) is 12.1 Å². The summed E-state index contributed by atoms with van der Waals surface area (Å²) in [7, 11) is 0. The van der Waals surface area contributed by atoms with Gasteiger partial charge in [-0.3, -0.25) is 4.79 Å². The van der Waals surface area contributed by atoms with Gasteiger partial charge in [0.25, 0.3) is 0 Å². The van der Waals surface area contributed by atoms with E-state index in [2.05, 4.69) is 5.32 Å². The largest absolute Gasteiger partial charge is 0.352 e. The third-order valence-electron chi connectivity index (χ3n) is 2.42. The van der Waals surface area contributed by atoms with Gasteiger partial charge in [0.1, 0.15) is 5.82 Å². The zero-order valence-electron chi connectivity index (χ0n) is 9.37. The summed E-state index contributed by atoms with van der Waals surface area (Å²) in [5.74, 6) is -0.374. The standard InChI is InChI=1S/C12H17FN2O/c1-2-11(8-14)15-12(16)7-9-3-5-10(13)6-4-9/h3-6,11H,2,7-8,14H2,1H3,(H,15,16). The van der Waals surface area contributed by atoms with Crippen LogP contribution in [0.1, 0.15) is 18.9 Å². The summed E-state index contributed by atoms with van der Waals surface area (Å²) in [6, 6.07) is 5.94. The maximum Gasteiger partial charge on any atom is 0.224 e. The highest BCUT2D eigenvalue weighted by Crippen LogP contribution is 2.03. The monoisotopic (exact) mass is 224 g/mol. The third-order valence-corrected chi connectivity index (χ3v) is 2.42. The summed E-state index contributed by atoms with van der Waals surface area (Å²) in [6.07, 6.45) is 1.07. The van der Waals surface area contributed by atoms with Crippen LogP contribution in [-0.2, 0) is 11.2 Å². The number of benzene rings is 1. The molecule has 1 unspecified atom stereocenters. The number of nitrogens with one attached hydrogen (secondary N) is 1. The van der Waals surface area contributed by atoms with Crippen molar-refractivity contribution in [1.82, 2.24) is 5.32 Å². The lowest BCUT2D eigenvalue weighted by Gasteiger charge is -2.14. The Morgan fingerprint density at radius 1 is 1.44 bits per heavy atom. The summed E-state index contributed by atoms with van der Waals surface area (Å²) in [5.41, 5.74) is 6.28. The summed E-state index contributed by atoms with van der Waals surface area (Å²) < 4.78 is 12.6. The summed E-state index contributed by atoms with van der Waals surface area (Å²) in [4.78, 5) is 11.6. The molecule has 88 valence electrons. The highest BCUT2D eigenvalue weighted by atomic mass is 19.1. The van der Waals surface area contributed by atoms with Gasteiger partial charge in [0.2, 0.25) is 5.91 Å². The average molecular weight is 224 g/mol. The predicted molar refractivity (Wildman–Crippen MR) is 61.4 cm³/mol. The molecule has 0 spiro atoms. The lowest BCUT2D eigenvalue weighted by Crippen LogP contribution is -2.40. The van der Waals surface area contributed by atoms with Crippen LogP contribution in [0.15, 0.2) is 24.3 Å². The second-order valence-electron chi connectivity index (χ2n) is 3.71. The quantitative estimate of drug-likeness (QED) is 0.790. The van der Waals surface area contributed by atoms with E-state index in [9.17, 15) is 9.18 Å². The molecular formula is C12H17FN2O. The Kier molecular flexibility index (Phi) is 4.92. The molecule has 0 saturated carbocycles. The molecule has 1 atom stereocenters. The third kappa shape index (κ3) is 3.98. The number of amides is 1. The van der Waals surface area contributed by atoms with Crippen molar-refractivity contribution in [3.05, 3.63) is 35.6 Å². The summed E-state index contributed by atoms with van der Waals surface area (Å²) in [6.45, 7) is 2.40. The van der Waals surface area contributed by atoms with E-state index in [1.54, 1.807) is 12.1 Å². The first-order valence-electron chi connectivity index (χ1n) is 5.39. The molecule has 3 N–H and O–H groups in total. The van der Waals surface area contributed by atoms with Gasteiger partial charge in [-0.2, -0.15) is 0 Å². The number of rotatable bonds is 5. The lowest BCUT2D eigenvalue weighted by molar-refractivity contribution is -0.121. The van der Waals surface area contributed by atoms with Gasteiger partial charge in [0, 0.05) is 12.6 Å². The molecule has 0 radical (unpaired) electrons. The zero-order valence-corrected chi connectivity index (χ0v) is 9.37. The molecule has 0 aliphatic heterocycles. The van der Waals surface area contributed by atoms with Crippen molar-refractivity contribution in [3.63, 3.8) is 0 Å². The molecule has 4 heteroatoms. The van der Waals surface area contributed by atoms with Crippen LogP contribution in [0, 0.1) is 5.82 Å². The summed E-state index contributed by atoms with van der Waals surface area (Å²) in [5, 5.41) is 2.82. The number of carbonyl (C=O) groups is 1. The van der Waals surface area contributed by atoms with Crippen LogP contribution in [-0.4, -0.2) is 18.5 Å². The molecule has 0 aromatic heterocycles. The molecule has 0 saturated heterocycles. The minimum atomic E-state index is -0.294. The zero-order chi connectivity index (χ0) is 12.0. The van der Waals surface area contributed by atoms with Gasteiger partial charge in [0.05, 0.1) is 6.42 Å². The van der Waals surface area contributed by atoms with Crippen LogP contribution in [0.4, 0.5) is 4.39 Å². The lowest BCUT2D eigenvalue weighted by atomic mass is 10.1. The van der Waals surface area contributed by atoms with Crippen molar-refractivity contribution in [2.24, 2.45) is 5.73 Å². The first-order chi connectivity index (χ1) is 7.65. The van der Waals surface area contributed by atoms with Gasteiger partial charge in [-0.25, -0.2) is 4.39 Å². The number of hydrogen-bond acceptors (Lipinski definition) is 2. The van der Waals surface area contributed by atoms with Crippen LogP contribution in [0.2, 0.25) is 0 Å². The van der Waals surface area contributed by atoms with Gasteiger partial charge < -0.3 is 11.1 Å². The Bertz CT molecular complexity index is 333. The SMILES string of the molecule is CCC(CN)NC(=O)Cc1ccc(F)cc1. The molecule has 3 nitrogen and oxygen atoms in total. The molecule has 1 aromatic rings. The highest BCUT2D eigenvalue weighted by Gasteiger charge is 2.08. The van der Waals surface area contributed by atoms with E-state index < -0.39 is 0 Å². The fourth-order valence-electron chi connectivity index (χ4n) is 1.39. The molecule has 0 fully saturated rings. The van der Waals surface area contributed by atoms with Gasteiger partial charge in [-0.1, -0.05) is 19.1 Å². The maximum atomic E-state index is 12.6. The second-order valence-corrected chi connectivity index (χ2v) is 3.71. The van der Waals surface area contributed by atoms with E-state index in [-0.39, 0.29) is 24.2 Å². The van der Waals surface area contributed by atoms with Crippen molar-refractivity contribution in [2.45, 2.75) is 25.8 Å². The van der Waals surface area contributed by atoms with E-state index in [4.69, 9.17) is 5.73 Å². The van der Waals surface area contributed by atoms with Crippen LogP contribution < -0.4 is 11.1 Å².